The molecular weight excluding hydrogens is 374 g/mol. The van der Waals surface area contributed by atoms with Crippen molar-refractivity contribution in [3.05, 3.63) is 23.9 Å². The summed E-state index contributed by atoms with van der Waals surface area (Å²) in [6.07, 6.45) is -3.49. The molecule has 0 aliphatic rings. The lowest BCUT2D eigenvalue weighted by molar-refractivity contribution is -0.154. The highest BCUT2D eigenvalue weighted by molar-refractivity contribution is 5.85. The Balaban J connectivity index is 0. The highest BCUT2D eigenvalue weighted by atomic mass is 35.5. The molecule has 0 saturated carbocycles. The SMILES string of the molecule is COC(CN)CC(=O)NCc1cccnc1OCC(F)(F)F.Cl.Cl. The lowest BCUT2D eigenvalue weighted by Crippen LogP contribution is -2.32. The smallest absolute Gasteiger partial charge is 0.422 e. The monoisotopic (exact) mass is 393 g/mol. The lowest BCUT2D eigenvalue weighted by atomic mass is 10.2. The van der Waals surface area contributed by atoms with E-state index in [0.717, 1.165) is 0 Å². The Hall–Kier alpha value is -1.29. The number of carbonyl (C=O) groups is 1. The molecule has 0 aromatic carbocycles. The van der Waals surface area contributed by atoms with Crippen LogP contribution in [0, 0.1) is 0 Å². The summed E-state index contributed by atoms with van der Waals surface area (Å²) < 4.78 is 46.1. The molecule has 0 radical (unpaired) electrons. The lowest BCUT2D eigenvalue weighted by Gasteiger charge is -2.14. The highest BCUT2D eigenvalue weighted by Gasteiger charge is 2.29. The van der Waals surface area contributed by atoms with Crippen molar-refractivity contribution >= 4 is 30.7 Å². The van der Waals surface area contributed by atoms with E-state index in [1.165, 1.54) is 19.4 Å². The van der Waals surface area contributed by atoms with Gasteiger partial charge in [-0.2, -0.15) is 13.2 Å². The molecule has 0 aliphatic carbocycles. The number of alkyl halides is 3. The van der Waals surface area contributed by atoms with E-state index in [-0.39, 0.29) is 56.1 Å². The third-order valence-electron chi connectivity index (χ3n) is 2.71. The van der Waals surface area contributed by atoms with Crippen LogP contribution in [0.25, 0.3) is 0 Å². The summed E-state index contributed by atoms with van der Waals surface area (Å²) in [5.74, 6) is -0.495. The number of nitrogens with one attached hydrogen (secondary N) is 1. The van der Waals surface area contributed by atoms with Gasteiger partial charge >= 0.3 is 6.18 Å². The summed E-state index contributed by atoms with van der Waals surface area (Å²) in [7, 11) is 1.44. The number of methoxy groups -OCH3 is 1. The second-order valence-corrected chi connectivity index (χ2v) is 4.45. The maximum absolute atomic E-state index is 12.2. The Bertz CT molecular complexity index is 489. The number of aromatic nitrogens is 1. The molecule has 1 rings (SSSR count). The van der Waals surface area contributed by atoms with E-state index in [4.69, 9.17) is 10.5 Å². The van der Waals surface area contributed by atoms with E-state index >= 15 is 0 Å². The molecule has 24 heavy (non-hydrogen) atoms. The van der Waals surface area contributed by atoms with Crippen LogP contribution in [0.5, 0.6) is 5.88 Å². The van der Waals surface area contributed by atoms with E-state index in [1.54, 1.807) is 6.07 Å². The first-order valence-corrected chi connectivity index (χ1v) is 6.48. The molecule has 1 amide bonds. The van der Waals surface area contributed by atoms with Gasteiger partial charge in [0.15, 0.2) is 6.61 Å². The molecule has 3 N–H and O–H groups in total. The van der Waals surface area contributed by atoms with Gasteiger partial charge in [0.05, 0.1) is 12.5 Å². The molecule has 0 fully saturated rings. The van der Waals surface area contributed by atoms with Gasteiger partial charge in [0.25, 0.3) is 0 Å². The summed E-state index contributed by atoms with van der Waals surface area (Å²) in [6, 6.07) is 3.06. The highest BCUT2D eigenvalue weighted by Crippen LogP contribution is 2.19. The third-order valence-corrected chi connectivity index (χ3v) is 2.71. The van der Waals surface area contributed by atoms with Gasteiger partial charge in [0, 0.05) is 32.0 Å². The first kappa shape index (κ1) is 25.0. The largest absolute Gasteiger partial charge is 0.468 e. The number of halogens is 5. The van der Waals surface area contributed by atoms with Gasteiger partial charge in [-0.15, -0.1) is 24.8 Å². The van der Waals surface area contributed by atoms with E-state index in [9.17, 15) is 18.0 Å². The van der Waals surface area contributed by atoms with Crippen molar-refractivity contribution in [3.8, 4) is 5.88 Å². The van der Waals surface area contributed by atoms with E-state index < -0.39 is 18.9 Å². The summed E-state index contributed by atoms with van der Waals surface area (Å²) in [5.41, 5.74) is 5.75. The minimum absolute atomic E-state index is 0. The van der Waals surface area contributed by atoms with Crippen LogP contribution in [0.4, 0.5) is 13.2 Å². The quantitative estimate of drug-likeness (QED) is 0.703. The zero-order chi connectivity index (χ0) is 16.6. The van der Waals surface area contributed by atoms with Crippen LogP contribution >= 0.6 is 24.8 Å². The average Bonchev–Trinajstić information content (AvgIpc) is 2.48. The number of nitrogens with zero attached hydrogens (tertiary/aromatic N) is 1. The summed E-state index contributed by atoms with van der Waals surface area (Å²) in [5, 5.41) is 2.56. The summed E-state index contributed by atoms with van der Waals surface area (Å²) >= 11 is 0. The minimum atomic E-state index is -4.45. The van der Waals surface area contributed by atoms with Crippen molar-refractivity contribution in [2.45, 2.75) is 25.2 Å². The predicted molar refractivity (Wildman–Crippen MR) is 86.6 cm³/mol. The van der Waals surface area contributed by atoms with Gasteiger partial charge in [-0.25, -0.2) is 4.98 Å². The van der Waals surface area contributed by atoms with Crippen molar-refractivity contribution in [2.75, 3.05) is 20.3 Å². The number of rotatable bonds is 8. The van der Waals surface area contributed by atoms with Crippen molar-refractivity contribution in [1.82, 2.24) is 10.3 Å². The van der Waals surface area contributed by atoms with Crippen LogP contribution in [0.2, 0.25) is 0 Å². The van der Waals surface area contributed by atoms with E-state index in [0.29, 0.717) is 5.56 Å². The summed E-state index contributed by atoms with van der Waals surface area (Å²) in [4.78, 5) is 15.4. The van der Waals surface area contributed by atoms with E-state index in [2.05, 4.69) is 15.0 Å². The Labute approximate surface area is 150 Å². The molecule has 140 valence electrons. The zero-order valence-corrected chi connectivity index (χ0v) is 14.5. The fourth-order valence-electron chi connectivity index (χ4n) is 1.57. The molecular formula is C13H20Cl2F3N3O3. The van der Waals surface area contributed by atoms with Crippen molar-refractivity contribution in [3.63, 3.8) is 0 Å². The van der Waals surface area contributed by atoms with Crippen molar-refractivity contribution in [1.29, 1.82) is 0 Å². The summed E-state index contributed by atoms with van der Waals surface area (Å²) in [6.45, 7) is -1.25. The second-order valence-electron chi connectivity index (χ2n) is 4.45. The number of ether oxygens (including phenoxy) is 2. The Morgan fingerprint density at radius 1 is 1.42 bits per heavy atom. The van der Waals surface area contributed by atoms with Crippen LogP contribution in [-0.4, -0.2) is 43.4 Å². The van der Waals surface area contributed by atoms with Crippen molar-refractivity contribution < 1.29 is 27.4 Å². The van der Waals surface area contributed by atoms with Crippen LogP contribution in [-0.2, 0) is 16.1 Å². The molecule has 0 spiro atoms. The maximum Gasteiger partial charge on any atom is 0.422 e. The third kappa shape index (κ3) is 9.76. The first-order valence-electron chi connectivity index (χ1n) is 6.48. The molecule has 1 aromatic rings. The van der Waals surface area contributed by atoms with Gasteiger partial charge < -0.3 is 20.5 Å². The van der Waals surface area contributed by atoms with Gasteiger partial charge in [0.1, 0.15) is 0 Å². The molecule has 6 nitrogen and oxygen atoms in total. The number of hydrogen-bond acceptors (Lipinski definition) is 5. The molecule has 0 saturated heterocycles. The second kappa shape index (κ2) is 12.1. The Morgan fingerprint density at radius 3 is 2.62 bits per heavy atom. The van der Waals surface area contributed by atoms with Crippen LogP contribution < -0.4 is 15.8 Å². The molecule has 1 atom stereocenters. The van der Waals surface area contributed by atoms with Crippen LogP contribution in [0.3, 0.4) is 0 Å². The molecule has 0 bridgehead atoms. The van der Waals surface area contributed by atoms with Gasteiger partial charge in [-0.1, -0.05) is 6.07 Å². The molecule has 1 heterocycles. The molecule has 0 aliphatic heterocycles. The topological polar surface area (TPSA) is 86.5 Å². The molecule has 11 heteroatoms. The number of carbonyl (C=O) groups excluding carboxylic acids is 1. The van der Waals surface area contributed by atoms with Crippen molar-refractivity contribution in [2.24, 2.45) is 5.73 Å². The zero-order valence-electron chi connectivity index (χ0n) is 12.8. The number of pyridine rings is 1. The Kier molecular flexibility index (Phi) is 12.6. The normalized spacial score (nSPS) is 11.7. The Morgan fingerprint density at radius 2 is 2.08 bits per heavy atom. The standard InChI is InChI=1S/C13H18F3N3O3.2ClH/c1-21-10(6-17)5-11(20)19-7-9-3-2-4-18-12(9)22-8-13(14,15)16;;/h2-4,10H,5-8,17H2,1H3,(H,19,20);2*1H. The van der Waals surface area contributed by atoms with Gasteiger partial charge in [0.2, 0.25) is 11.8 Å². The van der Waals surface area contributed by atoms with Gasteiger partial charge in [-0.05, 0) is 6.07 Å². The number of hydrogen-bond donors (Lipinski definition) is 2. The molecule has 1 aromatic heterocycles. The van der Waals surface area contributed by atoms with E-state index in [1.807, 2.05) is 0 Å². The average molecular weight is 394 g/mol. The fraction of sp³-hybridized carbons (Fsp3) is 0.538. The molecule has 1 unspecified atom stereocenters. The predicted octanol–water partition coefficient (Wildman–Crippen LogP) is 1.85. The first-order chi connectivity index (χ1) is 10.4. The number of amides is 1. The van der Waals surface area contributed by atoms with Crippen LogP contribution in [0.15, 0.2) is 18.3 Å². The minimum Gasteiger partial charge on any atom is -0.468 e. The number of nitrogens with two attached hydrogens (primary N) is 1. The fourth-order valence-corrected chi connectivity index (χ4v) is 1.57. The maximum atomic E-state index is 12.2. The van der Waals surface area contributed by atoms with Gasteiger partial charge in [-0.3, -0.25) is 4.79 Å². The van der Waals surface area contributed by atoms with Crippen LogP contribution in [0.1, 0.15) is 12.0 Å².